The van der Waals surface area contributed by atoms with Crippen LogP contribution in [0.4, 0.5) is 0 Å². The molecule has 0 unspecified atom stereocenters. The Kier molecular flexibility index (Phi) is 3.01. The molecule has 14 heavy (non-hydrogen) atoms. The van der Waals surface area contributed by atoms with Crippen LogP contribution in [0.15, 0.2) is 6.07 Å². The van der Waals surface area contributed by atoms with Gasteiger partial charge in [0.05, 0.1) is 12.1 Å². The molecule has 0 fully saturated rings. The van der Waals surface area contributed by atoms with Crippen molar-refractivity contribution < 1.29 is 14.6 Å². The Balaban J connectivity index is 3.47. The van der Waals surface area contributed by atoms with E-state index >= 15 is 0 Å². The number of hydrogen-bond donors (Lipinski definition) is 1. The molecule has 1 aromatic carbocycles. The van der Waals surface area contributed by atoms with Crippen molar-refractivity contribution in [2.45, 2.75) is 13.8 Å². The summed E-state index contributed by atoms with van der Waals surface area (Å²) in [5.41, 5.74) is 1.66. The average molecular weight is 215 g/mol. The summed E-state index contributed by atoms with van der Waals surface area (Å²) in [4.78, 5) is 11.3. The number of carbonyl (C=O) groups excluding carboxylic acids is 1. The molecule has 0 heterocycles. The number of hydrogen-bond acceptors (Lipinski definition) is 3. The number of aromatic hydroxyl groups is 1. The fourth-order valence-corrected chi connectivity index (χ4v) is 1.47. The highest BCUT2D eigenvalue weighted by Gasteiger charge is 2.18. The molecule has 0 saturated heterocycles. The van der Waals surface area contributed by atoms with Crippen molar-refractivity contribution in [2.75, 3.05) is 7.11 Å². The lowest BCUT2D eigenvalue weighted by atomic mass is 10.0. The molecule has 0 saturated carbocycles. The zero-order valence-electron chi connectivity index (χ0n) is 8.22. The second-order valence-electron chi connectivity index (χ2n) is 3.02. The molecule has 0 aromatic heterocycles. The van der Waals surface area contributed by atoms with Gasteiger partial charge in [0, 0.05) is 0 Å². The monoisotopic (exact) mass is 214 g/mol. The van der Waals surface area contributed by atoms with E-state index in [1.165, 1.54) is 7.11 Å². The van der Waals surface area contributed by atoms with Crippen LogP contribution in [0.2, 0.25) is 5.02 Å². The summed E-state index contributed by atoms with van der Waals surface area (Å²) >= 11 is 5.73. The third-order valence-electron chi connectivity index (χ3n) is 2.16. The largest absolute Gasteiger partial charge is 0.505 e. The van der Waals surface area contributed by atoms with E-state index in [0.717, 1.165) is 5.56 Å². The SMILES string of the molecule is COC(=O)c1c(C)c(C)cc(Cl)c1O. The molecule has 0 aliphatic rings. The highest BCUT2D eigenvalue weighted by Crippen LogP contribution is 2.32. The van der Waals surface area contributed by atoms with E-state index in [1.807, 2.05) is 6.92 Å². The Hall–Kier alpha value is -1.22. The van der Waals surface area contributed by atoms with Crippen LogP contribution in [-0.4, -0.2) is 18.2 Å². The number of esters is 1. The minimum Gasteiger partial charge on any atom is -0.505 e. The third-order valence-corrected chi connectivity index (χ3v) is 2.45. The van der Waals surface area contributed by atoms with Crippen molar-refractivity contribution in [3.8, 4) is 5.75 Å². The van der Waals surface area contributed by atoms with Gasteiger partial charge in [-0.25, -0.2) is 4.79 Å². The maximum absolute atomic E-state index is 11.3. The van der Waals surface area contributed by atoms with E-state index < -0.39 is 5.97 Å². The van der Waals surface area contributed by atoms with Crippen LogP contribution in [0.3, 0.4) is 0 Å². The molecule has 0 bridgehead atoms. The second kappa shape index (κ2) is 3.88. The van der Waals surface area contributed by atoms with Gasteiger partial charge in [0.1, 0.15) is 11.3 Å². The molecule has 0 spiro atoms. The number of ether oxygens (including phenoxy) is 1. The van der Waals surface area contributed by atoms with Gasteiger partial charge in [-0.2, -0.15) is 0 Å². The molecule has 0 radical (unpaired) electrons. The predicted molar refractivity (Wildman–Crippen MR) is 53.9 cm³/mol. The van der Waals surface area contributed by atoms with Crippen LogP contribution in [-0.2, 0) is 4.74 Å². The summed E-state index contributed by atoms with van der Waals surface area (Å²) < 4.78 is 4.55. The molecule has 1 aromatic rings. The van der Waals surface area contributed by atoms with Crippen molar-refractivity contribution in [1.82, 2.24) is 0 Å². The fourth-order valence-electron chi connectivity index (χ4n) is 1.21. The van der Waals surface area contributed by atoms with Crippen molar-refractivity contribution >= 4 is 17.6 Å². The van der Waals surface area contributed by atoms with Crippen LogP contribution in [0, 0.1) is 13.8 Å². The number of phenols is 1. The Morgan fingerprint density at radius 1 is 1.50 bits per heavy atom. The van der Waals surface area contributed by atoms with E-state index in [-0.39, 0.29) is 16.3 Å². The minimum absolute atomic E-state index is 0.137. The number of rotatable bonds is 1. The molecule has 1 N–H and O–H groups in total. The first-order valence-corrected chi connectivity index (χ1v) is 4.43. The van der Waals surface area contributed by atoms with Crippen LogP contribution in [0.5, 0.6) is 5.75 Å². The van der Waals surface area contributed by atoms with Gasteiger partial charge in [-0.15, -0.1) is 0 Å². The minimum atomic E-state index is -0.578. The third kappa shape index (κ3) is 1.68. The summed E-state index contributed by atoms with van der Waals surface area (Å²) in [6, 6.07) is 1.61. The first-order valence-electron chi connectivity index (χ1n) is 4.06. The van der Waals surface area contributed by atoms with Gasteiger partial charge in [-0.3, -0.25) is 0 Å². The molecule has 4 heteroatoms. The highest BCUT2D eigenvalue weighted by molar-refractivity contribution is 6.32. The van der Waals surface area contributed by atoms with Crippen molar-refractivity contribution in [3.63, 3.8) is 0 Å². The van der Waals surface area contributed by atoms with Gasteiger partial charge in [0.25, 0.3) is 0 Å². The number of carbonyl (C=O) groups is 1. The molecule has 76 valence electrons. The van der Waals surface area contributed by atoms with Crippen molar-refractivity contribution in [3.05, 3.63) is 27.8 Å². The average Bonchev–Trinajstić information content (AvgIpc) is 2.15. The van der Waals surface area contributed by atoms with Gasteiger partial charge in [-0.1, -0.05) is 11.6 Å². The van der Waals surface area contributed by atoms with E-state index in [1.54, 1.807) is 13.0 Å². The normalized spacial score (nSPS) is 10.0. The Bertz CT molecular complexity index is 359. The maximum Gasteiger partial charge on any atom is 0.341 e. The van der Waals surface area contributed by atoms with Crippen molar-refractivity contribution in [2.24, 2.45) is 0 Å². The van der Waals surface area contributed by atoms with Crippen LogP contribution >= 0.6 is 11.6 Å². The fraction of sp³-hybridized carbons (Fsp3) is 0.300. The van der Waals surface area contributed by atoms with Crippen LogP contribution < -0.4 is 0 Å². The van der Waals surface area contributed by atoms with Gasteiger partial charge < -0.3 is 9.84 Å². The van der Waals surface area contributed by atoms with Gasteiger partial charge in [0.2, 0.25) is 0 Å². The number of methoxy groups -OCH3 is 1. The Labute approximate surface area is 87.3 Å². The molecule has 1 rings (SSSR count). The molecule has 0 aliphatic heterocycles. The number of benzene rings is 1. The summed E-state index contributed by atoms with van der Waals surface area (Å²) in [7, 11) is 1.26. The summed E-state index contributed by atoms with van der Waals surface area (Å²) in [5, 5.41) is 9.73. The number of halogens is 1. The van der Waals surface area contributed by atoms with Gasteiger partial charge >= 0.3 is 5.97 Å². The lowest BCUT2D eigenvalue weighted by Crippen LogP contribution is -2.05. The summed E-state index contributed by atoms with van der Waals surface area (Å²) in [6.07, 6.45) is 0. The van der Waals surface area contributed by atoms with E-state index in [0.29, 0.717) is 5.56 Å². The standard InChI is InChI=1S/C10H11ClO3/c1-5-4-7(11)9(12)8(6(5)2)10(13)14-3/h4,12H,1-3H3. The maximum atomic E-state index is 11.3. The molecule has 0 amide bonds. The molecular weight excluding hydrogens is 204 g/mol. The summed E-state index contributed by atoms with van der Waals surface area (Å²) in [5.74, 6) is -0.799. The second-order valence-corrected chi connectivity index (χ2v) is 3.42. The number of phenolic OH excluding ortho intramolecular Hbond substituents is 1. The first kappa shape index (κ1) is 10.9. The smallest absolute Gasteiger partial charge is 0.341 e. The lowest BCUT2D eigenvalue weighted by molar-refractivity contribution is 0.0596. The highest BCUT2D eigenvalue weighted by atomic mass is 35.5. The summed E-state index contributed by atoms with van der Waals surface area (Å²) in [6.45, 7) is 3.55. The number of aryl methyl sites for hydroxylation is 1. The molecular formula is C10H11ClO3. The van der Waals surface area contributed by atoms with Crippen LogP contribution in [0.25, 0.3) is 0 Å². The van der Waals surface area contributed by atoms with Gasteiger partial charge in [-0.05, 0) is 31.0 Å². The van der Waals surface area contributed by atoms with Crippen molar-refractivity contribution in [1.29, 1.82) is 0 Å². The zero-order chi connectivity index (χ0) is 10.9. The molecule has 0 atom stereocenters. The molecule has 0 aliphatic carbocycles. The molecule has 3 nitrogen and oxygen atoms in total. The zero-order valence-corrected chi connectivity index (χ0v) is 8.97. The van der Waals surface area contributed by atoms with E-state index in [9.17, 15) is 9.90 Å². The van der Waals surface area contributed by atoms with E-state index in [2.05, 4.69) is 4.74 Å². The van der Waals surface area contributed by atoms with E-state index in [4.69, 9.17) is 11.6 Å². The Morgan fingerprint density at radius 3 is 2.57 bits per heavy atom. The lowest BCUT2D eigenvalue weighted by Gasteiger charge is -2.10. The van der Waals surface area contributed by atoms with Crippen LogP contribution in [0.1, 0.15) is 21.5 Å². The Morgan fingerprint density at radius 2 is 2.07 bits per heavy atom. The quantitative estimate of drug-likeness (QED) is 0.731. The van der Waals surface area contributed by atoms with Gasteiger partial charge in [0.15, 0.2) is 0 Å². The predicted octanol–water partition coefficient (Wildman–Crippen LogP) is 2.45. The topological polar surface area (TPSA) is 46.5 Å². The first-order chi connectivity index (χ1) is 6.49.